The van der Waals surface area contributed by atoms with Crippen molar-refractivity contribution in [3.8, 4) is 5.19 Å². The van der Waals surface area contributed by atoms with Crippen molar-refractivity contribution in [2.45, 2.75) is 30.8 Å². The molecule has 2 heterocycles. The molecule has 0 aliphatic carbocycles. The van der Waals surface area contributed by atoms with Crippen LogP contribution in [0.1, 0.15) is 18.4 Å². The topological polar surface area (TPSA) is 59.5 Å². The second-order valence-corrected chi connectivity index (χ2v) is 10.4. The molecule has 3 aromatic rings. The number of sulfonamides is 1. The van der Waals surface area contributed by atoms with Crippen molar-refractivity contribution in [2.75, 3.05) is 13.1 Å². The first-order chi connectivity index (χ1) is 13.3. The molecule has 0 saturated carbocycles. The Labute approximate surface area is 177 Å². The Kier molecular flexibility index (Phi) is 5.55. The first-order valence-electron chi connectivity index (χ1n) is 8.82. The largest absolute Gasteiger partial charge is 0.467 e. The number of halogens is 2. The number of hydrogen-bond donors (Lipinski definition) is 0. The van der Waals surface area contributed by atoms with Crippen LogP contribution in [0.3, 0.4) is 0 Å². The van der Waals surface area contributed by atoms with Gasteiger partial charge in [0.1, 0.15) is 11.0 Å². The van der Waals surface area contributed by atoms with Gasteiger partial charge in [0.2, 0.25) is 10.0 Å². The Hall–Kier alpha value is -1.38. The molecule has 0 unspecified atom stereocenters. The molecule has 0 atom stereocenters. The molecule has 5 nitrogen and oxygen atoms in total. The summed E-state index contributed by atoms with van der Waals surface area (Å²) in [6.45, 7) is 2.50. The van der Waals surface area contributed by atoms with Crippen LogP contribution in [0.15, 0.2) is 41.3 Å². The molecule has 0 radical (unpaired) electrons. The number of piperidine rings is 1. The Bertz CT molecular complexity index is 1090. The molecule has 4 rings (SSSR count). The van der Waals surface area contributed by atoms with E-state index in [0.29, 0.717) is 41.7 Å². The Morgan fingerprint density at radius 1 is 1.14 bits per heavy atom. The minimum atomic E-state index is -3.67. The van der Waals surface area contributed by atoms with Crippen LogP contribution in [-0.2, 0) is 10.0 Å². The van der Waals surface area contributed by atoms with Gasteiger partial charge in [-0.15, -0.1) is 0 Å². The average molecular weight is 457 g/mol. The normalized spacial score (nSPS) is 16.5. The number of fused-ring (bicyclic) bond motifs is 1. The van der Waals surface area contributed by atoms with Gasteiger partial charge >= 0.3 is 0 Å². The van der Waals surface area contributed by atoms with Crippen LogP contribution in [0.2, 0.25) is 10.0 Å². The van der Waals surface area contributed by atoms with Gasteiger partial charge in [-0.2, -0.15) is 4.31 Å². The fourth-order valence-corrected chi connectivity index (χ4v) is 6.36. The average Bonchev–Trinajstić information content (AvgIpc) is 3.07. The lowest BCUT2D eigenvalue weighted by atomic mass is 10.1. The minimum absolute atomic E-state index is 0.0607. The molecule has 1 saturated heterocycles. The van der Waals surface area contributed by atoms with Crippen LogP contribution in [0.5, 0.6) is 5.19 Å². The highest BCUT2D eigenvalue weighted by atomic mass is 35.5. The fourth-order valence-electron chi connectivity index (χ4n) is 3.20. The number of para-hydroxylation sites is 1. The van der Waals surface area contributed by atoms with Crippen molar-refractivity contribution < 1.29 is 13.2 Å². The third-order valence-corrected chi connectivity index (χ3v) is 8.47. The molecule has 9 heteroatoms. The van der Waals surface area contributed by atoms with Crippen LogP contribution >= 0.6 is 34.5 Å². The molecule has 0 spiro atoms. The maximum absolute atomic E-state index is 13.0. The van der Waals surface area contributed by atoms with Crippen molar-refractivity contribution in [1.29, 1.82) is 0 Å². The molecule has 0 N–H and O–H groups in total. The second kappa shape index (κ2) is 7.80. The van der Waals surface area contributed by atoms with E-state index >= 15 is 0 Å². The van der Waals surface area contributed by atoms with E-state index in [4.69, 9.17) is 27.9 Å². The summed E-state index contributed by atoms with van der Waals surface area (Å²) < 4.78 is 34.5. The second-order valence-electron chi connectivity index (χ2n) is 6.70. The number of aryl methyl sites for hydroxylation is 1. The van der Waals surface area contributed by atoms with E-state index in [1.54, 1.807) is 6.92 Å². The van der Waals surface area contributed by atoms with Crippen molar-refractivity contribution >= 4 is 54.8 Å². The van der Waals surface area contributed by atoms with Crippen LogP contribution < -0.4 is 4.74 Å². The van der Waals surface area contributed by atoms with E-state index in [2.05, 4.69) is 4.98 Å². The number of thiazole rings is 1. The third-order valence-electron chi connectivity index (χ3n) is 4.77. The summed E-state index contributed by atoms with van der Waals surface area (Å²) in [4.78, 5) is 4.58. The number of benzene rings is 2. The van der Waals surface area contributed by atoms with E-state index in [9.17, 15) is 8.42 Å². The van der Waals surface area contributed by atoms with Gasteiger partial charge in [0.05, 0.1) is 15.2 Å². The van der Waals surface area contributed by atoms with Gasteiger partial charge in [-0.05, 0) is 49.6 Å². The lowest BCUT2D eigenvalue weighted by Crippen LogP contribution is -2.41. The summed E-state index contributed by atoms with van der Waals surface area (Å²) in [7, 11) is -3.67. The molecule has 148 valence electrons. The molecule has 1 aliphatic rings. The van der Waals surface area contributed by atoms with Crippen LogP contribution in [0, 0.1) is 6.92 Å². The van der Waals surface area contributed by atoms with E-state index in [1.807, 2.05) is 24.3 Å². The maximum Gasteiger partial charge on any atom is 0.274 e. The van der Waals surface area contributed by atoms with Crippen molar-refractivity contribution in [3.05, 3.63) is 52.0 Å². The summed E-state index contributed by atoms with van der Waals surface area (Å²) in [6.07, 6.45) is 1.13. The first kappa shape index (κ1) is 19.9. The van der Waals surface area contributed by atoms with Crippen molar-refractivity contribution in [2.24, 2.45) is 0 Å². The molecule has 1 aliphatic heterocycles. The summed E-state index contributed by atoms with van der Waals surface area (Å²) in [5.74, 6) is 0. The lowest BCUT2D eigenvalue weighted by molar-refractivity contribution is 0.135. The zero-order chi connectivity index (χ0) is 19.9. The van der Waals surface area contributed by atoms with Gasteiger partial charge in [0, 0.05) is 18.1 Å². The predicted octanol–water partition coefficient (Wildman–Crippen LogP) is 5.14. The smallest absolute Gasteiger partial charge is 0.274 e. The Morgan fingerprint density at radius 3 is 2.57 bits per heavy atom. The van der Waals surface area contributed by atoms with Crippen LogP contribution in [-0.4, -0.2) is 36.9 Å². The Morgan fingerprint density at radius 2 is 1.86 bits per heavy atom. The predicted molar refractivity (Wildman–Crippen MR) is 113 cm³/mol. The summed E-state index contributed by atoms with van der Waals surface area (Å²) >= 11 is 13.7. The highest BCUT2D eigenvalue weighted by Gasteiger charge is 2.32. The van der Waals surface area contributed by atoms with Gasteiger partial charge in [-0.3, -0.25) is 0 Å². The standard InChI is InChI=1S/C19H18Cl2N2O3S2/c1-12-10-18(15(21)11-14(12)20)28(24,25)23-8-6-13(7-9-23)26-19-22-16-4-2-3-5-17(16)27-19/h2-5,10-11,13H,6-9H2,1H3. The van der Waals surface area contributed by atoms with Gasteiger partial charge in [0.25, 0.3) is 5.19 Å². The van der Waals surface area contributed by atoms with Gasteiger partial charge in [-0.25, -0.2) is 13.4 Å². The first-order valence-corrected chi connectivity index (χ1v) is 11.8. The number of ether oxygens (including phenoxy) is 1. The lowest BCUT2D eigenvalue weighted by Gasteiger charge is -2.31. The molecule has 1 aromatic heterocycles. The zero-order valence-corrected chi connectivity index (χ0v) is 18.2. The molecule has 28 heavy (non-hydrogen) atoms. The highest BCUT2D eigenvalue weighted by Crippen LogP contribution is 2.33. The van der Waals surface area contributed by atoms with Gasteiger partial charge in [0.15, 0.2) is 0 Å². The van der Waals surface area contributed by atoms with Crippen LogP contribution in [0.25, 0.3) is 10.2 Å². The highest BCUT2D eigenvalue weighted by molar-refractivity contribution is 7.89. The molecule has 1 fully saturated rings. The summed E-state index contributed by atoms with van der Waals surface area (Å²) in [5.41, 5.74) is 1.59. The summed E-state index contributed by atoms with van der Waals surface area (Å²) in [6, 6.07) is 10.9. The van der Waals surface area contributed by atoms with Crippen molar-refractivity contribution in [1.82, 2.24) is 9.29 Å². The molecule has 0 bridgehead atoms. The number of rotatable bonds is 4. The van der Waals surface area contributed by atoms with Gasteiger partial charge < -0.3 is 4.74 Å². The Balaban J connectivity index is 1.45. The van der Waals surface area contributed by atoms with E-state index in [-0.39, 0.29) is 16.0 Å². The van der Waals surface area contributed by atoms with Crippen LogP contribution in [0.4, 0.5) is 0 Å². The third kappa shape index (κ3) is 3.86. The van der Waals surface area contributed by atoms with Crippen molar-refractivity contribution in [3.63, 3.8) is 0 Å². The molecular formula is C19H18Cl2N2O3S2. The molecule has 2 aromatic carbocycles. The molecular weight excluding hydrogens is 439 g/mol. The number of aromatic nitrogens is 1. The monoisotopic (exact) mass is 456 g/mol. The summed E-state index contributed by atoms with van der Waals surface area (Å²) in [5, 5.41) is 1.22. The van der Waals surface area contributed by atoms with E-state index in [1.165, 1.54) is 27.8 Å². The number of nitrogens with zero attached hydrogens (tertiary/aromatic N) is 2. The zero-order valence-electron chi connectivity index (χ0n) is 15.1. The SMILES string of the molecule is Cc1cc(S(=O)(=O)N2CCC(Oc3nc4ccccc4s3)CC2)c(Cl)cc1Cl. The fraction of sp³-hybridized carbons (Fsp3) is 0.316. The quantitative estimate of drug-likeness (QED) is 0.544. The maximum atomic E-state index is 13.0. The number of hydrogen-bond acceptors (Lipinski definition) is 5. The molecule has 0 amide bonds. The minimum Gasteiger partial charge on any atom is -0.467 e. The van der Waals surface area contributed by atoms with E-state index < -0.39 is 10.0 Å². The van der Waals surface area contributed by atoms with E-state index in [0.717, 1.165) is 10.2 Å². The van der Waals surface area contributed by atoms with Gasteiger partial charge in [-0.1, -0.05) is 46.7 Å².